The Balaban J connectivity index is 1.86. The van der Waals surface area contributed by atoms with Crippen molar-refractivity contribution in [2.24, 2.45) is 4.99 Å². The highest BCUT2D eigenvalue weighted by Crippen LogP contribution is 2.26. The molecule has 3 heteroatoms. The molecule has 1 aliphatic heterocycles. The Labute approximate surface area is 111 Å². The first-order valence-electron chi connectivity index (χ1n) is 5.75. The molecule has 0 spiro atoms. The summed E-state index contributed by atoms with van der Waals surface area (Å²) in [7, 11) is 0. The topological polar surface area (TPSA) is 21.6 Å². The molecule has 2 nitrogen and oxygen atoms in total. The van der Waals surface area contributed by atoms with E-state index in [-0.39, 0.29) is 6.04 Å². The molecule has 0 N–H and O–H groups in total. The second kappa shape index (κ2) is 4.83. The molecule has 1 aliphatic rings. The largest absolute Gasteiger partial charge is 0.471 e. The first kappa shape index (κ1) is 11.3. The molecule has 0 saturated carbocycles. The van der Waals surface area contributed by atoms with Crippen molar-refractivity contribution < 1.29 is 4.74 Å². The van der Waals surface area contributed by atoms with Crippen LogP contribution < -0.4 is 0 Å². The Kier molecular flexibility index (Phi) is 3.03. The van der Waals surface area contributed by atoms with Crippen LogP contribution >= 0.6 is 11.6 Å². The van der Waals surface area contributed by atoms with Crippen molar-refractivity contribution in [2.45, 2.75) is 6.04 Å². The molecule has 0 fully saturated rings. The summed E-state index contributed by atoms with van der Waals surface area (Å²) in [4.78, 5) is 4.13. The molecule has 89 valence electrons. The van der Waals surface area contributed by atoms with Gasteiger partial charge < -0.3 is 4.74 Å². The van der Waals surface area contributed by atoms with Crippen molar-refractivity contribution in [3.05, 3.63) is 59.1 Å². The zero-order valence-electron chi connectivity index (χ0n) is 9.64. The number of nitrogens with zero attached hydrogens (tertiary/aromatic N) is 1. The lowest BCUT2D eigenvalue weighted by molar-refractivity contribution is 0.330. The lowest BCUT2D eigenvalue weighted by Gasteiger charge is -2.07. The number of rotatable bonds is 2. The van der Waals surface area contributed by atoms with Crippen molar-refractivity contribution in [3.8, 4) is 11.1 Å². The zero-order valence-corrected chi connectivity index (χ0v) is 10.4. The Hall–Kier alpha value is -1.80. The highest BCUT2D eigenvalue weighted by molar-refractivity contribution is 6.30. The normalized spacial score (nSPS) is 17.7. The van der Waals surface area contributed by atoms with Gasteiger partial charge in [0.1, 0.15) is 12.6 Å². The molecule has 0 aliphatic carbocycles. The van der Waals surface area contributed by atoms with Gasteiger partial charge in [0, 0.05) is 5.02 Å². The van der Waals surface area contributed by atoms with Gasteiger partial charge in [0.2, 0.25) is 0 Å². The number of hydrogen-bond acceptors (Lipinski definition) is 2. The first-order valence-corrected chi connectivity index (χ1v) is 6.13. The molecule has 1 atom stereocenters. The molecule has 1 heterocycles. The van der Waals surface area contributed by atoms with Crippen molar-refractivity contribution in [1.82, 2.24) is 0 Å². The van der Waals surface area contributed by atoms with Crippen LogP contribution in [0.15, 0.2) is 53.5 Å². The van der Waals surface area contributed by atoms with Gasteiger partial charge in [0.05, 0.1) is 0 Å². The lowest BCUT2D eigenvalue weighted by atomic mass is 10.0. The molecule has 2 aromatic rings. The molecule has 0 bridgehead atoms. The number of halogens is 1. The number of aliphatic imine (C=N–C) groups is 1. The minimum absolute atomic E-state index is 0.0873. The molecular formula is C15H11ClNO. The second-order valence-electron chi connectivity index (χ2n) is 4.18. The molecule has 0 amide bonds. The Bertz CT molecular complexity index is 560. The van der Waals surface area contributed by atoms with Crippen LogP contribution in [0.5, 0.6) is 0 Å². The zero-order chi connectivity index (χ0) is 12.4. The molecule has 1 radical (unpaired) electrons. The third-order valence-electron chi connectivity index (χ3n) is 2.99. The summed E-state index contributed by atoms with van der Waals surface area (Å²) in [6, 6.07) is 16.2. The smallest absolute Gasteiger partial charge is 0.273 e. The number of benzene rings is 2. The quantitative estimate of drug-likeness (QED) is 0.796. The van der Waals surface area contributed by atoms with Gasteiger partial charge in [-0.2, -0.15) is 0 Å². The van der Waals surface area contributed by atoms with Crippen LogP contribution in [0.25, 0.3) is 11.1 Å². The van der Waals surface area contributed by atoms with Gasteiger partial charge in [-0.25, -0.2) is 4.99 Å². The third kappa shape index (κ3) is 2.24. The second-order valence-corrected chi connectivity index (χ2v) is 4.61. The maximum absolute atomic E-state index is 5.88. The maximum atomic E-state index is 5.88. The molecule has 0 saturated heterocycles. The van der Waals surface area contributed by atoms with E-state index in [1.807, 2.05) is 24.3 Å². The molecule has 2 aromatic carbocycles. The van der Waals surface area contributed by atoms with Crippen LogP contribution in [-0.4, -0.2) is 13.0 Å². The monoisotopic (exact) mass is 256 g/mol. The highest BCUT2D eigenvalue weighted by Gasteiger charge is 2.14. The summed E-state index contributed by atoms with van der Waals surface area (Å²) in [5, 5.41) is 0.753. The van der Waals surface area contributed by atoms with E-state index < -0.39 is 0 Å². The van der Waals surface area contributed by atoms with E-state index in [0.29, 0.717) is 6.61 Å². The lowest BCUT2D eigenvalue weighted by Crippen LogP contribution is -1.96. The molecule has 3 rings (SSSR count). The van der Waals surface area contributed by atoms with Gasteiger partial charge in [-0.05, 0) is 28.8 Å². The van der Waals surface area contributed by atoms with Crippen molar-refractivity contribution in [1.29, 1.82) is 0 Å². The molecule has 0 aromatic heterocycles. The van der Waals surface area contributed by atoms with E-state index in [4.69, 9.17) is 16.3 Å². The molecular weight excluding hydrogens is 246 g/mol. The summed E-state index contributed by atoms with van der Waals surface area (Å²) < 4.78 is 5.01. The average Bonchev–Trinajstić information content (AvgIpc) is 2.94. The fourth-order valence-corrected chi connectivity index (χ4v) is 2.09. The van der Waals surface area contributed by atoms with Gasteiger partial charge in [-0.15, -0.1) is 0 Å². The average molecular weight is 257 g/mol. The summed E-state index contributed by atoms with van der Waals surface area (Å²) in [5.41, 5.74) is 3.48. The first-order chi connectivity index (χ1) is 8.83. The van der Waals surface area contributed by atoms with Crippen molar-refractivity contribution in [2.75, 3.05) is 6.61 Å². The van der Waals surface area contributed by atoms with Crippen LogP contribution in [0.3, 0.4) is 0 Å². The summed E-state index contributed by atoms with van der Waals surface area (Å²) >= 11 is 5.88. The number of hydrogen-bond donors (Lipinski definition) is 0. The van der Waals surface area contributed by atoms with Crippen LogP contribution in [0.1, 0.15) is 11.6 Å². The summed E-state index contributed by atoms with van der Waals surface area (Å²) in [5.74, 6) is 0. The van der Waals surface area contributed by atoms with E-state index in [0.717, 1.165) is 16.1 Å². The van der Waals surface area contributed by atoms with Crippen LogP contribution in [0, 0.1) is 0 Å². The predicted octanol–water partition coefficient (Wildman–Crippen LogP) is 3.98. The van der Waals surface area contributed by atoms with Crippen LogP contribution in [0.2, 0.25) is 5.02 Å². The molecule has 18 heavy (non-hydrogen) atoms. The van der Waals surface area contributed by atoms with Crippen molar-refractivity contribution in [3.63, 3.8) is 0 Å². The van der Waals surface area contributed by atoms with E-state index in [1.165, 1.54) is 5.56 Å². The van der Waals surface area contributed by atoms with Gasteiger partial charge >= 0.3 is 0 Å². The minimum atomic E-state index is 0.0873. The minimum Gasteiger partial charge on any atom is -0.471 e. The van der Waals surface area contributed by atoms with Crippen LogP contribution in [-0.2, 0) is 4.74 Å². The Morgan fingerprint density at radius 3 is 2.17 bits per heavy atom. The third-order valence-corrected chi connectivity index (χ3v) is 3.24. The predicted molar refractivity (Wildman–Crippen MR) is 73.0 cm³/mol. The van der Waals surface area contributed by atoms with Crippen LogP contribution in [0.4, 0.5) is 0 Å². The van der Waals surface area contributed by atoms with Crippen molar-refractivity contribution >= 4 is 18.0 Å². The molecule has 1 unspecified atom stereocenters. The standard InChI is InChI=1S/C15H11ClNO/c16-14-7-5-12(6-8-14)11-1-3-13(4-2-11)15-9-18-10-17-15/h1-8,15H,9H2. The number of ether oxygens (including phenoxy) is 1. The Morgan fingerprint density at radius 1 is 1.00 bits per heavy atom. The summed E-state index contributed by atoms with van der Waals surface area (Å²) in [6.45, 7) is 0.584. The fraction of sp³-hybridized carbons (Fsp3) is 0.133. The summed E-state index contributed by atoms with van der Waals surface area (Å²) in [6.07, 6.45) is 2.53. The van der Waals surface area contributed by atoms with E-state index in [2.05, 4.69) is 35.7 Å². The van der Waals surface area contributed by atoms with E-state index in [1.54, 1.807) is 0 Å². The Morgan fingerprint density at radius 2 is 1.61 bits per heavy atom. The highest BCUT2D eigenvalue weighted by atomic mass is 35.5. The van der Waals surface area contributed by atoms with E-state index >= 15 is 0 Å². The van der Waals surface area contributed by atoms with Gasteiger partial charge in [0.15, 0.2) is 0 Å². The fourth-order valence-electron chi connectivity index (χ4n) is 1.97. The maximum Gasteiger partial charge on any atom is 0.273 e. The van der Waals surface area contributed by atoms with E-state index in [9.17, 15) is 0 Å². The van der Waals surface area contributed by atoms with Gasteiger partial charge in [-0.3, -0.25) is 0 Å². The SMILES string of the molecule is Clc1ccc(-c2ccc(C3CO[C]=N3)cc2)cc1. The van der Waals surface area contributed by atoms with Gasteiger partial charge in [0.25, 0.3) is 6.40 Å². The van der Waals surface area contributed by atoms with Gasteiger partial charge in [-0.1, -0.05) is 48.0 Å².